The number of rotatable bonds is 5. The van der Waals surface area contributed by atoms with E-state index in [1.54, 1.807) is 6.08 Å². The zero-order chi connectivity index (χ0) is 7.82. The van der Waals surface area contributed by atoms with Crippen molar-refractivity contribution < 1.29 is 10.2 Å². The Morgan fingerprint density at radius 1 is 1.40 bits per heavy atom. The van der Waals surface area contributed by atoms with Crippen molar-refractivity contribution in [3.8, 4) is 0 Å². The van der Waals surface area contributed by atoms with Crippen LogP contribution in [0.3, 0.4) is 0 Å². The Balaban J connectivity index is 3.18. The van der Waals surface area contributed by atoms with Crippen molar-refractivity contribution in [1.82, 2.24) is 0 Å². The molecular formula is C8H14O2. The Morgan fingerprint density at radius 2 is 2.10 bits per heavy atom. The molecule has 0 saturated carbocycles. The van der Waals surface area contributed by atoms with Crippen LogP contribution in [-0.4, -0.2) is 22.9 Å². The van der Waals surface area contributed by atoms with Crippen molar-refractivity contribution in [2.24, 2.45) is 0 Å². The largest absolute Gasteiger partial charge is 0.392 e. The van der Waals surface area contributed by atoms with Gasteiger partial charge in [0.05, 0.1) is 12.7 Å². The summed E-state index contributed by atoms with van der Waals surface area (Å²) < 4.78 is 0. The Labute approximate surface area is 61.5 Å². The van der Waals surface area contributed by atoms with Crippen LogP contribution < -0.4 is 0 Å². The van der Waals surface area contributed by atoms with Gasteiger partial charge in [-0.2, -0.15) is 0 Å². The van der Waals surface area contributed by atoms with Crippen molar-refractivity contribution in [2.45, 2.75) is 18.9 Å². The van der Waals surface area contributed by atoms with E-state index in [0.29, 0.717) is 6.42 Å². The Bertz CT molecular complexity index is 108. The van der Waals surface area contributed by atoms with E-state index in [9.17, 15) is 0 Å². The Morgan fingerprint density at radius 3 is 2.60 bits per heavy atom. The first-order valence-electron chi connectivity index (χ1n) is 3.37. The van der Waals surface area contributed by atoms with Gasteiger partial charge in [0.1, 0.15) is 0 Å². The number of hydrogen-bond donors (Lipinski definition) is 2. The fourth-order valence-electron chi connectivity index (χ4n) is 0.577. The molecule has 0 radical (unpaired) electrons. The molecule has 2 N–H and O–H groups in total. The predicted molar refractivity (Wildman–Crippen MR) is 41.7 cm³/mol. The third kappa shape index (κ3) is 5.54. The highest BCUT2D eigenvalue weighted by molar-refractivity contribution is 4.85. The number of aliphatic hydroxyl groups is 2. The molecule has 0 aliphatic heterocycles. The molecule has 58 valence electrons. The van der Waals surface area contributed by atoms with E-state index < -0.39 is 6.10 Å². The van der Waals surface area contributed by atoms with Crippen molar-refractivity contribution in [1.29, 1.82) is 0 Å². The normalized spacial score (nSPS) is 13.8. The molecule has 2 heteroatoms. The van der Waals surface area contributed by atoms with Crippen molar-refractivity contribution in [2.75, 3.05) is 6.61 Å². The average Bonchev–Trinajstić information content (AvgIpc) is 1.98. The molecule has 0 aliphatic carbocycles. The average molecular weight is 142 g/mol. The summed E-state index contributed by atoms with van der Waals surface area (Å²) in [7, 11) is 0. The summed E-state index contributed by atoms with van der Waals surface area (Å²) in [5.41, 5.74) is 0. The minimum Gasteiger partial charge on any atom is -0.392 e. The molecular weight excluding hydrogens is 128 g/mol. The fourth-order valence-corrected chi connectivity index (χ4v) is 0.577. The zero-order valence-corrected chi connectivity index (χ0v) is 6.03. The quantitative estimate of drug-likeness (QED) is 0.559. The molecule has 0 aromatic rings. The summed E-state index contributed by atoms with van der Waals surface area (Å²) >= 11 is 0. The van der Waals surface area contributed by atoms with E-state index in [1.807, 2.05) is 6.08 Å². The second-order valence-electron chi connectivity index (χ2n) is 2.03. The summed E-state index contributed by atoms with van der Waals surface area (Å²) in [6, 6.07) is 0. The molecule has 0 rings (SSSR count). The summed E-state index contributed by atoms with van der Waals surface area (Å²) in [4.78, 5) is 0. The number of aliphatic hydroxyl groups excluding tert-OH is 2. The second kappa shape index (κ2) is 6.52. The van der Waals surface area contributed by atoms with Crippen LogP contribution in [-0.2, 0) is 0 Å². The van der Waals surface area contributed by atoms with Crippen molar-refractivity contribution in [3.63, 3.8) is 0 Å². The highest BCUT2D eigenvalue weighted by Gasteiger charge is 1.92. The van der Waals surface area contributed by atoms with Gasteiger partial charge in [-0.1, -0.05) is 18.2 Å². The molecule has 0 aromatic carbocycles. The second-order valence-corrected chi connectivity index (χ2v) is 2.03. The maximum atomic E-state index is 8.94. The Kier molecular flexibility index (Phi) is 6.13. The van der Waals surface area contributed by atoms with Crippen LogP contribution in [0.25, 0.3) is 0 Å². The summed E-state index contributed by atoms with van der Waals surface area (Å²) in [5, 5.41) is 17.3. The molecule has 0 spiro atoms. The predicted octanol–water partition coefficient (Wildman–Crippen LogP) is 0.862. The third-order valence-electron chi connectivity index (χ3n) is 1.17. The molecule has 0 bridgehead atoms. The lowest BCUT2D eigenvalue weighted by atomic mass is 10.2. The van der Waals surface area contributed by atoms with Crippen molar-refractivity contribution in [3.05, 3.63) is 24.8 Å². The highest BCUT2D eigenvalue weighted by Crippen LogP contribution is 1.97. The van der Waals surface area contributed by atoms with Gasteiger partial charge in [-0.3, -0.25) is 0 Å². The van der Waals surface area contributed by atoms with Crippen LogP contribution in [0.2, 0.25) is 0 Å². The molecule has 1 atom stereocenters. The topological polar surface area (TPSA) is 40.5 Å². The van der Waals surface area contributed by atoms with Crippen LogP contribution in [0.5, 0.6) is 0 Å². The lowest BCUT2D eigenvalue weighted by molar-refractivity contribution is 0.214. The molecule has 0 saturated heterocycles. The minimum atomic E-state index is -0.414. The van der Waals surface area contributed by atoms with Gasteiger partial charge >= 0.3 is 0 Å². The first kappa shape index (κ1) is 9.40. The summed E-state index contributed by atoms with van der Waals surface area (Å²) in [6.07, 6.45) is 6.06. The molecule has 1 unspecified atom stereocenters. The van der Waals surface area contributed by atoms with E-state index >= 15 is 0 Å². The van der Waals surface area contributed by atoms with Gasteiger partial charge in [0.15, 0.2) is 0 Å². The van der Waals surface area contributed by atoms with Gasteiger partial charge in [0, 0.05) is 0 Å². The minimum absolute atomic E-state index is 0.0736. The van der Waals surface area contributed by atoms with Gasteiger partial charge in [-0.25, -0.2) is 0 Å². The summed E-state index contributed by atoms with van der Waals surface area (Å²) in [6.45, 7) is 3.51. The third-order valence-corrected chi connectivity index (χ3v) is 1.17. The lowest BCUT2D eigenvalue weighted by Crippen LogP contribution is -1.99. The van der Waals surface area contributed by atoms with Gasteiger partial charge in [0.2, 0.25) is 0 Å². The molecule has 0 aromatic heterocycles. The number of allylic oxidation sites excluding steroid dienone is 1. The highest BCUT2D eigenvalue weighted by atomic mass is 16.3. The SMILES string of the molecule is C=CC(O)CC/C=C/CO. The Hall–Kier alpha value is -0.600. The van der Waals surface area contributed by atoms with Crippen LogP contribution in [0.4, 0.5) is 0 Å². The number of hydrogen-bond acceptors (Lipinski definition) is 2. The molecule has 0 amide bonds. The maximum Gasteiger partial charge on any atom is 0.0721 e. The van der Waals surface area contributed by atoms with Crippen LogP contribution in [0.1, 0.15) is 12.8 Å². The van der Waals surface area contributed by atoms with Crippen LogP contribution in [0, 0.1) is 0 Å². The van der Waals surface area contributed by atoms with Crippen molar-refractivity contribution >= 4 is 0 Å². The first-order chi connectivity index (χ1) is 4.81. The van der Waals surface area contributed by atoms with E-state index in [2.05, 4.69) is 6.58 Å². The van der Waals surface area contributed by atoms with E-state index in [1.165, 1.54) is 6.08 Å². The van der Waals surface area contributed by atoms with E-state index in [-0.39, 0.29) is 6.61 Å². The van der Waals surface area contributed by atoms with Gasteiger partial charge in [-0.15, -0.1) is 6.58 Å². The van der Waals surface area contributed by atoms with Gasteiger partial charge in [0.25, 0.3) is 0 Å². The van der Waals surface area contributed by atoms with Gasteiger partial charge in [-0.05, 0) is 12.8 Å². The molecule has 0 fully saturated rings. The molecule has 0 heterocycles. The van der Waals surface area contributed by atoms with Crippen LogP contribution in [0.15, 0.2) is 24.8 Å². The molecule has 10 heavy (non-hydrogen) atoms. The van der Waals surface area contributed by atoms with E-state index in [0.717, 1.165) is 6.42 Å². The maximum absolute atomic E-state index is 8.94. The zero-order valence-electron chi connectivity index (χ0n) is 6.03. The van der Waals surface area contributed by atoms with E-state index in [4.69, 9.17) is 10.2 Å². The fraction of sp³-hybridized carbons (Fsp3) is 0.500. The molecule has 0 aliphatic rings. The monoisotopic (exact) mass is 142 g/mol. The molecule has 2 nitrogen and oxygen atoms in total. The smallest absolute Gasteiger partial charge is 0.0721 e. The van der Waals surface area contributed by atoms with Crippen LogP contribution >= 0.6 is 0 Å². The first-order valence-corrected chi connectivity index (χ1v) is 3.37. The van der Waals surface area contributed by atoms with Gasteiger partial charge < -0.3 is 10.2 Å². The lowest BCUT2D eigenvalue weighted by Gasteiger charge is -1.99. The standard InChI is InChI=1S/C8H14O2/c1-2-8(10)6-4-3-5-7-9/h2-3,5,8-10H,1,4,6-7H2/b5-3+. The summed E-state index contributed by atoms with van der Waals surface area (Å²) in [5.74, 6) is 0.